The number of halogens is 1. The lowest BCUT2D eigenvalue weighted by atomic mass is 9.98. The molecule has 0 radical (unpaired) electrons. The van der Waals surface area contributed by atoms with Gasteiger partial charge in [-0.2, -0.15) is 0 Å². The summed E-state index contributed by atoms with van der Waals surface area (Å²) in [6.07, 6.45) is 1.24. The summed E-state index contributed by atoms with van der Waals surface area (Å²) in [5.74, 6) is -1.16. The van der Waals surface area contributed by atoms with E-state index in [0.29, 0.717) is 4.48 Å². The van der Waals surface area contributed by atoms with Gasteiger partial charge in [-0.05, 0) is 6.08 Å². The maximum absolute atomic E-state index is 11.6. The summed E-state index contributed by atoms with van der Waals surface area (Å²) in [7, 11) is 2.51. The number of methoxy groups -OCH3 is 2. The fourth-order valence-electron chi connectivity index (χ4n) is 1.56. The molecule has 0 aromatic carbocycles. The Kier molecular flexibility index (Phi) is 2.86. The number of epoxide rings is 1. The van der Waals surface area contributed by atoms with Crippen LogP contribution in [0, 0.1) is 0 Å². The zero-order valence-electron chi connectivity index (χ0n) is 8.65. The third-order valence-electron chi connectivity index (χ3n) is 2.41. The van der Waals surface area contributed by atoms with E-state index < -0.39 is 11.9 Å². The van der Waals surface area contributed by atoms with E-state index in [1.165, 1.54) is 14.2 Å². The second-order valence-electron chi connectivity index (χ2n) is 3.31. The van der Waals surface area contributed by atoms with E-state index >= 15 is 0 Å². The Hall–Kier alpha value is -1.14. The molecule has 0 N–H and O–H groups in total. The first-order chi connectivity index (χ1) is 7.60. The van der Waals surface area contributed by atoms with Gasteiger partial charge in [0.15, 0.2) is 0 Å². The highest BCUT2D eigenvalue weighted by Crippen LogP contribution is 2.42. The first-order valence-electron chi connectivity index (χ1n) is 4.54. The highest BCUT2D eigenvalue weighted by molar-refractivity contribution is 9.11. The van der Waals surface area contributed by atoms with E-state index in [-0.39, 0.29) is 23.4 Å². The van der Waals surface area contributed by atoms with Crippen molar-refractivity contribution < 1.29 is 23.8 Å². The van der Waals surface area contributed by atoms with Crippen LogP contribution < -0.4 is 0 Å². The minimum absolute atomic E-state index is 0.156. The van der Waals surface area contributed by atoms with Crippen LogP contribution in [-0.2, 0) is 23.8 Å². The van der Waals surface area contributed by atoms with Gasteiger partial charge in [-0.1, -0.05) is 15.9 Å². The van der Waals surface area contributed by atoms with Gasteiger partial charge in [0.25, 0.3) is 0 Å². The zero-order chi connectivity index (χ0) is 11.9. The first kappa shape index (κ1) is 11.3. The van der Waals surface area contributed by atoms with Gasteiger partial charge in [0.1, 0.15) is 12.2 Å². The monoisotopic (exact) mass is 288 g/mol. The van der Waals surface area contributed by atoms with Crippen LogP contribution in [0.1, 0.15) is 0 Å². The van der Waals surface area contributed by atoms with Gasteiger partial charge in [-0.15, -0.1) is 0 Å². The number of hydrogen-bond donors (Lipinski definition) is 0. The molecule has 1 saturated heterocycles. The summed E-state index contributed by atoms with van der Waals surface area (Å²) in [6.45, 7) is 0. The van der Waals surface area contributed by atoms with Crippen LogP contribution in [0.3, 0.4) is 0 Å². The molecule has 0 saturated carbocycles. The van der Waals surface area contributed by atoms with Crippen LogP contribution in [0.4, 0.5) is 0 Å². The lowest BCUT2D eigenvalue weighted by Crippen LogP contribution is -2.20. The Labute approximate surface area is 100 Å². The Morgan fingerprint density at radius 2 is 1.94 bits per heavy atom. The quantitative estimate of drug-likeness (QED) is 0.553. The van der Waals surface area contributed by atoms with Crippen LogP contribution in [0.15, 0.2) is 21.7 Å². The number of ether oxygens (including phenoxy) is 3. The highest BCUT2D eigenvalue weighted by Gasteiger charge is 2.47. The van der Waals surface area contributed by atoms with Crippen molar-refractivity contribution in [2.75, 3.05) is 14.2 Å². The van der Waals surface area contributed by atoms with Gasteiger partial charge in [-0.25, -0.2) is 9.59 Å². The molecule has 86 valence electrons. The molecular weight excluding hydrogens is 280 g/mol. The Morgan fingerprint density at radius 1 is 1.31 bits per heavy atom. The molecular formula is C10H9BrO5. The average molecular weight is 289 g/mol. The fourth-order valence-corrected chi connectivity index (χ4v) is 2.31. The van der Waals surface area contributed by atoms with Crippen LogP contribution in [0.5, 0.6) is 0 Å². The molecule has 1 fully saturated rings. The van der Waals surface area contributed by atoms with Crippen molar-refractivity contribution in [1.82, 2.24) is 0 Å². The fraction of sp³-hybridized carbons (Fsp3) is 0.400. The van der Waals surface area contributed by atoms with Crippen LogP contribution in [-0.4, -0.2) is 38.4 Å². The molecule has 0 aromatic rings. The average Bonchev–Trinajstić information content (AvgIpc) is 3.06. The van der Waals surface area contributed by atoms with Gasteiger partial charge >= 0.3 is 11.9 Å². The maximum Gasteiger partial charge on any atom is 0.339 e. The summed E-state index contributed by atoms with van der Waals surface area (Å²) in [5.41, 5.74) is 0.355. The molecule has 16 heavy (non-hydrogen) atoms. The molecule has 0 amide bonds. The standard InChI is InChI=1S/C10H9BrO5/c1-14-9(12)4-3-5-8(16-5)7(11)6(4)10(13)15-2/h3,5,8H,1-2H3/t5-,8-/m1/s1. The minimum Gasteiger partial charge on any atom is -0.465 e. The summed E-state index contributed by atoms with van der Waals surface area (Å²) < 4.78 is 15.0. The summed E-state index contributed by atoms with van der Waals surface area (Å²) >= 11 is 3.25. The smallest absolute Gasteiger partial charge is 0.339 e. The Morgan fingerprint density at radius 3 is 2.50 bits per heavy atom. The van der Waals surface area contributed by atoms with E-state index in [4.69, 9.17) is 4.74 Å². The molecule has 2 atom stereocenters. The molecule has 2 aliphatic rings. The van der Waals surface area contributed by atoms with Crippen molar-refractivity contribution in [1.29, 1.82) is 0 Å². The summed E-state index contributed by atoms with van der Waals surface area (Å²) in [5, 5.41) is 0. The van der Waals surface area contributed by atoms with Crippen molar-refractivity contribution in [3.63, 3.8) is 0 Å². The minimum atomic E-state index is -0.586. The van der Waals surface area contributed by atoms with Crippen molar-refractivity contribution in [3.05, 3.63) is 21.7 Å². The molecule has 1 aliphatic carbocycles. The van der Waals surface area contributed by atoms with Crippen LogP contribution in [0.25, 0.3) is 0 Å². The number of carbonyl (C=O) groups excluding carboxylic acids is 2. The molecule has 6 heteroatoms. The number of carbonyl (C=O) groups is 2. The lowest BCUT2D eigenvalue weighted by Gasteiger charge is -2.12. The van der Waals surface area contributed by atoms with Gasteiger partial charge in [0.05, 0.1) is 25.4 Å². The number of fused-ring (bicyclic) bond motifs is 1. The van der Waals surface area contributed by atoms with Gasteiger partial charge < -0.3 is 14.2 Å². The maximum atomic E-state index is 11.6. The Balaban J connectivity index is 2.42. The summed E-state index contributed by atoms with van der Waals surface area (Å²) in [4.78, 5) is 23.1. The molecule has 0 bridgehead atoms. The Bertz CT molecular complexity index is 423. The number of rotatable bonds is 2. The molecule has 0 spiro atoms. The number of hydrogen-bond acceptors (Lipinski definition) is 5. The molecule has 0 aromatic heterocycles. The second kappa shape index (κ2) is 4.03. The van der Waals surface area contributed by atoms with Crippen LogP contribution in [0.2, 0.25) is 0 Å². The topological polar surface area (TPSA) is 65.1 Å². The highest BCUT2D eigenvalue weighted by atomic mass is 79.9. The third kappa shape index (κ3) is 1.68. The predicted molar refractivity (Wildman–Crippen MR) is 56.7 cm³/mol. The second-order valence-corrected chi connectivity index (χ2v) is 4.16. The van der Waals surface area contributed by atoms with Gasteiger partial charge in [-0.3, -0.25) is 0 Å². The van der Waals surface area contributed by atoms with Crippen molar-refractivity contribution in [2.45, 2.75) is 12.2 Å². The van der Waals surface area contributed by atoms with E-state index in [9.17, 15) is 9.59 Å². The molecule has 0 unspecified atom stereocenters. The van der Waals surface area contributed by atoms with E-state index in [2.05, 4.69) is 25.4 Å². The van der Waals surface area contributed by atoms with E-state index in [1.807, 2.05) is 0 Å². The van der Waals surface area contributed by atoms with E-state index in [1.54, 1.807) is 6.08 Å². The normalized spacial score (nSPS) is 26.8. The molecule has 2 rings (SSSR count). The SMILES string of the molecule is COC(=O)C1=C[C@H]2O[C@H]2C(Br)=C1C(=O)OC. The van der Waals surface area contributed by atoms with Crippen molar-refractivity contribution in [2.24, 2.45) is 0 Å². The van der Waals surface area contributed by atoms with Crippen LogP contribution >= 0.6 is 15.9 Å². The zero-order valence-corrected chi connectivity index (χ0v) is 10.2. The van der Waals surface area contributed by atoms with Crippen molar-refractivity contribution in [3.8, 4) is 0 Å². The van der Waals surface area contributed by atoms with Gasteiger partial charge in [0.2, 0.25) is 0 Å². The van der Waals surface area contributed by atoms with Gasteiger partial charge in [0, 0.05) is 4.48 Å². The van der Waals surface area contributed by atoms with Crippen molar-refractivity contribution >= 4 is 27.9 Å². The number of esters is 2. The molecule has 1 aliphatic heterocycles. The molecule has 5 nitrogen and oxygen atoms in total. The predicted octanol–water partition coefficient (Wildman–Crippen LogP) is 0.689. The van der Waals surface area contributed by atoms with E-state index in [0.717, 1.165) is 0 Å². The lowest BCUT2D eigenvalue weighted by molar-refractivity contribution is -0.139. The third-order valence-corrected chi connectivity index (χ3v) is 3.26. The first-order valence-corrected chi connectivity index (χ1v) is 5.33. The summed E-state index contributed by atoms with van der Waals surface area (Å²) in [6, 6.07) is 0. The largest absolute Gasteiger partial charge is 0.465 e. The molecule has 1 heterocycles.